The summed E-state index contributed by atoms with van der Waals surface area (Å²) in [6.07, 6.45) is -5.15. The summed E-state index contributed by atoms with van der Waals surface area (Å²) in [4.78, 5) is 12.2. The Morgan fingerprint density at radius 3 is 2.47 bits per heavy atom. The Bertz CT molecular complexity index is 206. The van der Waals surface area contributed by atoms with Crippen LogP contribution in [-0.2, 0) is 9.53 Å². The first-order chi connectivity index (χ1) is 6.72. The van der Waals surface area contributed by atoms with E-state index in [0.717, 1.165) is 4.90 Å². The average molecular weight is 229 g/mol. The molecular weight excluding hydrogens is 215 g/mol. The van der Waals surface area contributed by atoms with E-state index in [-0.39, 0.29) is 6.54 Å². The van der Waals surface area contributed by atoms with Crippen LogP contribution < -0.4 is 0 Å². The van der Waals surface area contributed by atoms with Crippen LogP contribution >= 0.6 is 0 Å². The van der Waals surface area contributed by atoms with Crippen LogP contribution in [0.15, 0.2) is 0 Å². The van der Waals surface area contributed by atoms with Gasteiger partial charge in [0.1, 0.15) is 13.2 Å². The molecule has 7 heteroatoms. The van der Waals surface area contributed by atoms with E-state index in [4.69, 9.17) is 5.11 Å². The van der Waals surface area contributed by atoms with Crippen molar-refractivity contribution in [3.05, 3.63) is 0 Å². The Morgan fingerprint density at radius 2 is 2.07 bits per heavy atom. The van der Waals surface area contributed by atoms with Gasteiger partial charge in [-0.2, -0.15) is 13.2 Å². The normalized spacial score (nSPS) is 13.7. The van der Waals surface area contributed by atoms with E-state index in [1.165, 1.54) is 14.0 Å². The van der Waals surface area contributed by atoms with Crippen LogP contribution in [0.3, 0.4) is 0 Å². The van der Waals surface area contributed by atoms with Crippen LogP contribution in [-0.4, -0.2) is 55.0 Å². The van der Waals surface area contributed by atoms with Crippen LogP contribution in [0.5, 0.6) is 0 Å². The van der Waals surface area contributed by atoms with Crippen LogP contribution in [0.1, 0.15) is 6.92 Å². The van der Waals surface area contributed by atoms with E-state index >= 15 is 0 Å². The number of carbonyl (C=O) groups is 1. The third kappa shape index (κ3) is 8.19. The van der Waals surface area contributed by atoms with Gasteiger partial charge in [0.05, 0.1) is 6.10 Å². The number of ether oxygens (including phenoxy) is 1. The second-order valence-corrected chi connectivity index (χ2v) is 3.23. The highest BCUT2D eigenvalue weighted by molar-refractivity contribution is 5.77. The minimum atomic E-state index is -4.43. The summed E-state index contributed by atoms with van der Waals surface area (Å²) in [5, 5.41) is 8.91. The maximum absolute atomic E-state index is 11.6. The van der Waals surface area contributed by atoms with E-state index < -0.39 is 31.4 Å². The lowest BCUT2D eigenvalue weighted by Crippen LogP contribution is -2.36. The fraction of sp³-hybridized carbons (Fsp3) is 0.875. The molecule has 0 saturated carbocycles. The summed E-state index contributed by atoms with van der Waals surface area (Å²) in [5.74, 6) is -0.597. The Labute approximate surface area is 85.6 Å². The van der Waals surface area contributed by atoms with Gasteiger partial charge in [-0.05, 0) is 6.92 Å². The second kappa shape index (κ2) is 5.92. The average Bonchev–Trinajstić information content (AvgIpc) is 2.00. The van der Waals surface area contributed by atoms with Crippen molar-refractivity contribution >= 4 is 5.91 Å². The van der Waals surface area contributed by atoms with Crippen LogP contribution in [0, 0.1) is 0 Å². The van der Waals surface area contributed by atoms with Crippen molar-refractivity contribution in [2.24, 2.45) is 0 Å². The minimum Gasteiger partial charge on any atom is -0.392 e. The first-order valence-electron chi connectivity index (χ1n) is 4.29. The smallest absolute Gasteiger partial charge is 0.392 e. The molecule has 0 rings (SSSR count). The maximum atomic E-state index is 11.6. The molecule has 0 bridgehead atoms. The first kappa shape index (κ1) is 14.2. The Balaban J connectivity index is 3.74. The highest BCUT2D eigenvalue weighted by Gasteiger charge is 2.28. The number of aliphatic hydroxyl groups excluding tert-OH is 1. The molecule has 0 aromatic rings. The molecular formula is C8H14F3NO3. The molecule has 4 nitrogen and oxygen atoms in total. The lowest BCUT2D eigenvalue weighted by Gasteiger charge is -2.18. The molecule has 1 N–H and O–H groups in total. The zero-order valence-corrected chi connectivity index (χ0v) is 8.54. The monoisotopic (exact) mass is 229 g/mol. The van der Waals surface area contributed by atoms with Crippen molar-refractivity contribution in [3.63, 3.8) is 0 Å². The number of nitrogens with zero attached hydrogens (tertiary/aromatic N) is 1. The molecule has 0 aliphatic heterocycles. The molecule has 0 heterocycles. The molecule has 0 aromatic heterocycles. The van der Waals surface area contributed by atoms with Crippen LogP contribution in [0.25, 0.3) is 0 Å². The molecule has 0 aliphatic carbocycles. The predicted octanol–water partition coefficient (Wildman–Crippen LogP) is 0.405. The molecule has 0 aromatic carbocycles. The largest absolute Gasteiger partial charge is 0.411 e. The number of halogens is 3. The van der Waals surface area contributed by atoms with E-state index in [2.05, 4.69) is 4.74 Å². The highest BCUT2D eigenvalue weighted by Crippen LogP contribution is 2.14. The quantitative estimate of drug-likeness (QED) is 0.742. The summed E-state index contributed by atoms with van der Waals surface area (Å²) < 4.78 is 39.0. The molecule has 1 unspecified atom stereocenters. The summed E-state index contributed by atoms with van der Waals surface area (Å²) in [7, 11) is 1.38. The Hall–Kier alpha value is -0.820. The number of rotatable bonds is 5. The van der Waals surface area contributed by atoms with E-state index in [1.807, 2.05) is 0 Å². The van der Waals surface area contributed by atoms with Crippen molar-refractivity contribution in [1.82, 2.24) is 4.90 Å². The van der Waals surface area contributed by atoms with Crippen molar-refractivity contribution in [3.8, 4) is 0 Å². The molecule has 0 aliphatic rings. The third-order valence-electron chi connectivity index (χ3n) is 1.46. The van der Waals surface area contributed by atoms with Gasteiger partial charge in [-0.25, -0.2) is 0 Å². The van der Waals surface area contributed by atoms with Crippen LogP contribution in [0.2, 0.25) is 0 Å². The lowest BCUT2D eigenvalue weighted by molar-refractivity contribution is -0.177. The van der Waals surface area contributed by atoms with Crippen LogP contribution in [0.4, 0.5) is 13.2 Å². The Morgan fingerprint density at radius 1 is 1.53 bits per heavy atom. The number of aliphatic hydroxyl groups is 1. The summed E-state index contributed by atoms with van der Waals surface area (Å²) >= 11 is 0. The molecule has 1 amide bonds. The molecule has 0 saturated heterocycles. The SMILES string of the molecule is CC(O)CN(C)C(=O)COCC(F)(F)F. The second-order valence-electron chi connectivity index (χ2n) is 3.23. The fourth-order valence-electron chi connectivity index (χ4n) is 0.862. The van der Waals surface area contributed by atoms with Gasteiger partial charge in [-0.15, -0.1) is 0 Å². The Kier molecular flexibility index (Phi) is 5.59. The fourth-order valence-corrected chi connectivity index (χ4v) is 0.862. The number of hydrogen-bond acceptors (Lipinski definition) is 3. The van der Waals surface area contributed by atoms with Gasteiger partial charge >= 0.3 is 6.18 Å². The number of carbonyl (C=O) groups excluding carboxylic acids is 1. The zero-order chi connectivity index (χ0) is 12.1. The van der Waals surface area contributed by atoms with Gasteiger partial charge in [-0.1, -0.05) is 0 Å². The highest BCUT2D eigenvalue weighted by atomic mass is 19.4. The van der Waals surface area contributed by atoms with Crippen molar-refractivity contribution in [2.45, 2.75) is 19.2 Å². The van der Waals surface area contributed by atoms with Gasteiger partial charge in [0.25, 0.3) is 0 Å². The number of amides is 1. The number of likely N-dealkylation sites (N-methyl/N-ethyl adjacent to an activating group) is 1. The van der Waals surface area contributed by atoms with Crippen molar-refractivity contribution < 1.29 is 27.8 Å². The third-order valence-corrected chi connectivity index (χ3v) is 1.46. The molecule has 90 valence electrons. The standard InChI is InChI=1S/C8H14F3NO3/c1-6(13)3-12(2)7(14)4-15-5-8(9,10)11/h6,13H,3-5H2,1-2H3. The van der Waals surface area contributed by atoms with Gasteiger partial charge in [-0.3, -0.25) is 4.79 Å². The summed E-state index contributed by atoms with van der Waals surface area (Å²) in [6.45, 7) is -0.543. The number of alkyl halides is 3. The van der Waals surface area contributed by atoms with E-state index in [0.29, 0.717) is 0 Å². The van der Waals surface area contributed by atoms with Crippen molar-refractivity contribution in [1.29, 1.82) is 0 Å². The number of hydrogen-bond donors (Lipinski definition) is 1. The van der Waals surface area contributed by atoms with Crippen molar-refractivity contribution in [2.75, 3.05) is 26.8 Å². The lowest BCUT2D eigenvalue weighted by atomic mass is 10.4. The first-order valence-corrected chi connectivity index (χ1v) is 4.29. The predicted molar refractivity (Wildman–Crippen MR) is 46.2 cm³/mol. The zero-order valence-electron chi connectivity index (χ0n) is 8.54. The molecule has 0 spiro atoms. The topological polar surface area (TPSA) is 49.8 Å². The van der Waals surface area contributed by atoms with E-state index in [9.17, 15) is 18.0 Å². The maximum Gasteiger partial charge on any atom is 0.411 e. The minimum absolute atomic E-state index is 0.0637. The van der Waals surface area contributed by atoms with E-state index in [1.54, 1.807) is 0 Å². The van der Waals surface area contributed by atoms with Gasteiger partial charge in [0.2, 0.25) is 5.91 Å². The molecule has 15 heavy (non-hydrogen) atoms. The van der Waals surface area contributed by atoms with Gasteiger partial charge in [0.15, 0.2) is 0 Å². The summed E-state index contributed by atoms with van der Waals surface area (Å²) in [6, 6.07) is 0. The molecule has 1 atom stereocenters. The molecule has 0 radical (unpaired) electrons. The molecule has 0 fully saturated rings. The van der Waals surface area contributed by atoms with Gasteiger partial charge < -0.3 is 14.7 Å². The summed E-state index contributed by atoms with van der Waals surface area (Å²) in [5.41, 5.74) is 0. The van der Waals surface area contributed by atoms with Gasteiger partial charge in [0, 0.05) is 13.6 Å².